The highest BCUT2D eigenvalue weighted by atomic mass is 127. The summed E-state index contributed by atoms with van der Waals surface area (Å²) >= 11 is 0. The Labute approximate surface area is 168 Å². The molecule has 0 fully saturated rings. The molecule has 5 heteroatoms. The topological polar surface area (TPSA) is 49.3 Å². The number of hydrogen-bond acceptors (Lipinski definition) is 2. The monoisotopic (exact) mass is 452 g/mol. The van der Waals surface area contributed by atoms with Crippen molar-refractivity contribution in [2.45, 2.75) is 39.2 Å². The van der Waals surface area contributed by atoms with E-state index in [1.54, 1.807) is 7.05 Å². The Balaban J connectivity index is 0.00000312. The molecular formula is C20H29IN4. The molecule has 0 radical (unpaired) electrons. The van der Waals surface area contributed by atoms with Crippen LogP contribution < -0.4 is 10.6 Å². The summed E-state index contributed by atoms with van der Waals surface area (Å²) in [6, 6.07) is 14.7. The summed E-state index contributed by atoms with van der Waals surface area (Å²) in [5, 5.41) is 6.67. The molecule has 0 saturated heterocycles. The first-order valence-corrected chi connectivity index (χ1v) is 8.43. The highest BCUT2D eigenvalue weighted by Crippen LogP contribution is 2.22. The van der Waals surface area contributed by atoms with E-state index < -0.39 is 0 Å². The Hall–Kier alpha value is -1.63. The van der Waals surface area contributed by atoms with Crippen molar-refractivity contribution in [1.82, 2.24) is 15.6 Å². The molecule has 0 saturated carbocycles. The third kappa shape index (κ3) is 7.42. The van der Waals surface area contributed by atoms with E-state index in [0.717, 1.165) is 31.2 Å². The molecule has 0 spiro atoms. The minimum absolute atomic E-state index is 0. The molecule has 1 heterocycles. The summed E-state index contributed by atoms with van der Waals surface area (Å²) in [5.74, 6) is 0.811. The van der Waals surface area contributed by atoms with Crippen LogP contribution in [0.1, 0.15) is 37.6 Å². The fourth-order valence-electron chi connectivity index (χ4n) is 2.38. The highest BCUT2D eigenvalue weighted by Gasteiger charge is 2.12. The van der Waals surface area contributed by atoms with Gasteiger partial charge >= 0.3 is 0 Å². The maximum absolute atomic E-state index is 4.32. The quantitative estimate of drug-likeness (QED) is 0.411. The van der Waals surface area contributed by atoms with Crippen LogP contribution in [0.15, 0.2) is 53.7 Å². The molecule has 0 atom stereocenters. The number of pyridine rings is 1. The van der Waals surface area contributed by atoms with E-state index in [9.17, 15) is 0 Å². The number of hydrogen-bond donors (Lipinski definition) is 2. The number of guanidine groups is 1. The predicted molar refractivity (Wildman–Crippen MR) is 117 cm³/mol. The fourth-order valence-corrected chi connectivity index (χ4v) is 2.38. The number of aliphatic imine (C=N–C) groups is 1. The van der Waals surface area contributed by atoms with Gasteiger partial charge in [0.15, 0.2) is 5.96 Å². The molecule has 4 nitrogen and oxygen atoms in total. The Morgan fingerprint density at radius 1 is 1.04 bits per heavy atom. The molecule has 0 aliphatic carbocycles. The Morgan fingerprint density at radius 3 is 2.32 bits per heavy atom. The molecule has 0 bridgehead atoms. The maximum atomic E-state index is 4.32. The van der Waals surface area contributed by atoms with E-state index in [4.69, 9.17) is 0 Å². The van der Waals surface area contributed by atoms with E-state index in [2.05, 4.69) is 65.6 Å². The fraction of sp³-hybridized carbons (Fsp3) is 0.400. The van der Waals surface area contributed by atoms with Crippen LogP contribution >= 0.6 is 24.0 Å². The molecular weight excluding hydrogens is 423 g/mol. The average Bonchev–Trinajstić information content (AvgIpc) is 2.58. The van der Waals surface area contributed by atoms with Crippen LogP contribution in [0, 0.1) is 0 Å². The van der Waals surface area contributed by atoms with Crippen molar-refractivity contribution in [3.05, 3.63) is 65.5 Å². The standard InChI is InChI=1S/C20H28N4.HI/c1-20(2,3)17-10-8-16(9-11-17)15-24-19(21-4)23-14-12-18-7-5-6-13-22-18;/h5-11,13H,12,14-15H2,1-4H3,(H2,21,23,24);1H. The normalized spacial score (nSPS) is 11.6. The van der Waals surface area contributed by atoms with Gasteiger partial charge in [-0.3, -0.25) is 9.98 Å². The molecule has 0 aliphatic rings. The predicted octanol–water partition coefficient (Wildman–Crippen LogP) is 3.90. The minimum atomic E-state index is 0. The molecule has 2 N–H and O–H groups in total. The average molecular weight is 452 g/mol. The maximum Gasteiger partial charge on any atom is 0.191 e. The van der Waals surface area contributed by atoms with Gasteiger partial charge < -0.3 is 10.6 Å². The van der Waals surface area contributed by atoms with Crippen molar-refractivity contribution in [1.29, 1.82) is 0 Å². The molecule has 0 amide bonds. The smallest absolute Gasteiger partial charge is 0.191 e. The molecule has 1 aromatic carbocycles. The molecule has 136 valence electrons. The first-order chi connectivity index (χ1) is 11.5. The van der Waals surface area contributed by atoms with Gasteiger partial charge in [-0.2, -0.15) is 0 Å². The zero-order valence-corrected chi connectivity index (χ0v) is 17.9. The number of halogens is 1. The largest absolute Gasteiger partial charge is 0.356 e. The van der Waals surface area contributed by atoms with Gasteiger partial charge in [0.1, 0.15) is 0 Å². The van der Waals surface area contributed by atoms with Crippen molar-refractivity contribution in [3.8, 4) is 0 Å². The van der Waals surface area contributed by atoms with Crippen LogP contribution in [0.2, 0.25) is 0 Å². The van der Waals surface area contributed by atoms with Gasteiger partial charge in [-0.05, 0) is 28.7 Å². The Morgan fingerprint density at radius 2 is 1.76 bits per heavy atom. The first kappa shape index (κ1) is 21.4. The number of nitrogens with zero attached hydrogens (tertiary/aromatic N) is 2. The van der Waals surface area contributed by atoms with Crippen molar-refractivity contribution in [2.75, 3.05) is 13.6 Å². The summed E-state index contributed by atoms with van der Waals surface area (Å²) in [6.45, 7) is 8.25. The zero-order chi connectivity index (χ0) is 17.4. The van der Waals surface area contributed by atoms with Crippen LogP contribution in [0.25, 0.3) is 0 Å². The van der Waals surface area contributed by atoms with Crippen molar-refractivity contribution < 1.29 is 0 Å². The Kier molecular flexibility index (Phi) is 8.89. The lowest BCUT2D eigenvalue weighted by Crippen LogP contribution is -2.37. The number of benzene rings is 1. The Bertz CT molecular complexity index is 646. The second-order valence-electron chi connectivity index (χ2n) is 6.87. The lowest BCUT2D eigenvalue weighted by Gasteiger charge is -2.19. The summed E-state index contributed by atoms with van der Waals surface area (Å²) in [7, 11) is 1.79. The van der Waals surface area contributed by atoms with E-state index in [1.165, 1.54) is 11.1 Å². The molecule has 0 aliphatic heterocycles. The van der Waals surface area contributed by atoms with Gasteiger partial charge in [0.2, 0.25) is 0 Å². The van der Waals surface area contributed by atoms with E-state index >= 15 is 0 Å². The lowest BCUT2D eigenvalue weighted by atomic mass is 9.87. The SMILES string of the molecule is CN=C(NCCc1ccccn1)NCc1ccc(C(C)(C)C)cc1.I. The first-order valence-electron chi connectivity index (χ1n) is 8.43. The van der Waals surface area contributed by atoms with E-state index in [-0.39, 0.29) is 29.4 Å². The molecule has 25 heavy (non-hydrogen) atoms. The molecule has 2 rings (SSSR count). The summed E-state index contributed by atoms with van der Waals surface area (Å²) in [6.07, 6.45) is 2.70. The number of nitrogens with one attached hydrogen (secondary N) is 2. The van der Waals surface area contributed by atoms with Gasteiger partial charge in [0, 0.05) is 38.4 Å². The highest BCUT2D eigenvalue weighted by molar-refractivity contribution is 14.0. The van der Waals surface area contributed by atoms with Crippen molar-refractivity contribution in [3.63, 3.8) is 0 Å². The number of aromatic nitrogens is 1. The van der Waals surface area contributed by atoms with E-state index in [1.807, 2.05) is 24.4 Å². The van der Waals surface area contributed by atoms with Gasteiger partial charge in [0.25, 0.3) is 0 Å². The third-order valence-electron chi connectivity index (χ3n) is 3.90. The van der Waals surface area contributed by atoms with E-state index in [0.29, 0.717) is 0 Å². The van der Waals surface area contributed by atoms with Crippen LogP contribution in [0.5, 0.6) is 0 Å². The van der Waals surface area contributed by atoms with Crippen molar-refractivity contribution >= 4 is 29.9 Å². The summed E-state index contributed by atoms with van der Waals surface area (Å²) in [4.78, 5) is 8.59. The zero-order valence-electron chi connectivity index (χ0n) is 15.5. The van der Waals surface area contributed by atoms with Crippen molar-refractivity contribution in [2.24, 2.45) is 4.99 Å². The van der Waals surface area contributed by atoms with Crippen LogP contribution in [0.3, 0.4) is 0 Å². The van der Waals surface area contributed by atoms with Crippen LogP contribution in [-0.4, -0.2) is 24.5 Å². The third-order valence-corrected chi connectivity index (χ3v) is 3.90. The molecule has 2 aromatic rings. The summed E-state index contributed by atoms with van der Waals surface area (Å²) in [5.41, 5.74) is 3.87. The van der Waals surface area contributed by atoms with Gasteiger partial charge in [0.05, 0.1) is 0 Å². The van der Waals surface area contributed by atoms with Crippen LogP contribution in [-0.2, 0) is 18.4 Å². The second-order valence-corrected chi connectivity index (χ2v) is 6.87. The summed E-state index contributed by atoms with van der Waals surface area (Å²) < 4.78 is 0. The second kappa shape index (κ2) is 10.4. The number of rotatable bonds is 5. The van der Waals surface area contributed by atoms with Gasteiger partial charge in [-0.15, -0.1) is 24.0 Å². The minimum Gasteiger partial charge on any atom is -0.356 e. The lowest BCUT2D eigenvalue weighted by molar-refractivity contribution is 0.590. The van der Waals surface area contributed by atoms with Crippen LogP contribution in [0.4, 0.5) is 0 Å². The van der Waals surface area contributed by atoms with Gasteiger partial charge in [-0.25, -0.2) is 0 Å². The molecule has 1 aromatic heterocycles. The molecule has 0 unspecified atom stereocenters. The van der Waals surface area contributed by atoms with Gasteiger partial charge in [-0.1, -0.05) is 51.1 Å².